The van der Waals surface area contributed by atoms with Crippen molar-refractivity contribution >= 4 is 11.5 Å². The van der Waals surface area contributed by atoms with Gasteiger partial charge in [-0.2, -0.15) is 4.37 Å². The van der Waals surface area contributed by atoms with Gasteiger partial charge in [0, 0.05) is 10.9 Å². The van der Waals surface area contributed by atoms with E-state index in [2.05, 4.69) is 4.37 Å². The first-order valence-electron chi connectivity index (χ1n) is 2.29. The molecule has 0 N–H and O–H groups in total. The SMILES string of the molecule is COc1nscc1C. The van der Waals surface area contributed by atoms with Crippen LogP contribution >= 0.6 is 11.5 Å². The van der Waals surface area contributed by atoms with Gasteiger partial charge in [-0.15, -0.1) is 0 Å². The van der Waals surface area contributed by atoms with Crippen LogP contribution in [0, 0.1) is 6.92 Å². The second-order valence-corrected chi connectivity index (χ2v) is 2.14. The Morgan fingerprint density at radius 1 is 1.75 bits per heavy atom. The molecular weight excluding hydrogens is 122 g/mol. The number of aryl methyl sites for hydroxylation is 1. The zero-order chi connectivity index (χ0) is 5.98. The Balaban J connectivity index is 2.92. The number of methoxy groups -OCH3 is 1. The van der Waals surface area contributed by atoms with Gasteiger partial charge < -0.3 is 4.74 Å². The molecular formula is C5H7NOS. The van der Waals surface area contributed by atoms with Crippen molar-refractivity contribution in [3.8, 4) is 5.88 Å². The summed E-state index contributed by atoms with van der Waals surface area (Å²) in [6, 6.07) is 0. The van der Waals surface area contributed by atoms with Crippen LogP contribution in [0.2, 0.25) is 0 Å². The highest BCUT2D eigenvalue weighted by Gasteiger charge is 1.96. The van der Waals surface area contributed by atoms with Crippen molar-refractivity contribution in [1.29, 1.82) is 0 Å². The normalized spacial score (nSPS) is 9.25. The molecule has 0 spiro atoms. The minimum Gasteiger partial charge on any atom is -0.480 e. The maximum Gasteiger partial charge on any atom is 0.227 e. The first-order valence-corrected chi connectivity index (χ1v) is 3.13. The second kappa shape index (κ2) is 2.13. The Morgan fingerprint density at radius 3 is 2.75 bits per heavy atom. The molecule has 0 aliphatic carbocycles. The van der Waals surface area contributed by atoms with Gasteiger partial charge in [0.1, 0.15) is 0 Å². The molecule has 1 rings (SSSR count). The molecule has 0 amide bonds. The average Bonchev–Trinajstić information content (AvgIpc) is 2.14. The van der Waals surface area contributed by atoms with Gasteiger partial charge in [0.2, 0.25) is 5.88 Å². The van der Waals surface area contributed by atoms with E-state index in [-0.39, 0.29) is 0 Å². The fourth-order valence-electron chi connectivity index (χ4n) is 0.474. The van der Waals surface area contributed by atoms with Gasteiger partial charge in [0.15, 0.2) is 0 Å². The van der Waals surface area contributed by atoms with E-state index in [9.17, 15) is 0 Å². The van der Waals surface area contributed by atoms with E-state index >= 15 is 0 Å². The molecule has 1 aromatic rings. The van der Waals surface area contributed by atoms with Crippen LogP contribution < -0.4 is 4.74 Å². The summed E-state index contributed by atoms with van der Waals surface area (Å²) in [4.78, 5) is 0. The number of hydrogen-bond donors (Lipinski definition) is 0. The summed E-state index contributed by atoms with van der Waals surface area (Å²) in [6.07, 6.45) is 0. The highest BCUT2D eigenvalue weighted by Crippen LogP contribution is 2.15. The van der Waals surface area contributed by atoms with Crippen LogP contribution in [-0.2, 0) is 0 Å². The third-order valence-corrected chi connectivity index (χ3v) is 1.63. The van der Waals surface area contributed by atoms with E-state index in [0.717, 1.165) is 11.4 Å². The van der Waals surface area contributed by atoms with Crippen LogP contribution in [0.3, 0.4) is 0 Å². The first kappa shape index (κ1) is 5.56. The second-order valence-electron chi connectivity index (χ2n) is 1.51. The quantitative estimate of drug-likeness (QED) is 0.572. The van der Waals surface area contributed by atoms with Gasteiger partial charge in [-0.25, -0.2) is 0 Å². The lowest BCUT2D eigenvalue weighted by molar-refractivity contribution is 0.399. The predicted octanol–water partition coefficient (Wildman–Crippen LogP) is 1.46. The van der Waals surface area contributed by atoms with E-state index in [1.54, 1.807) is 7.11 Å². The Hall–Kier alpha value is -0.570. The lowest BCUT2D eigenvalue weighted by atomic mass is 10.4. The standard InChI is InChI=1S/C5H7NOS/c1-4-3-8-6-5(4)7-2/h3H,1-2H3. The van der Waals surface area contributed by atoms with Crippen molar-refractivity contribution in [2.75, 3.05) is 7.11 Å². The van der Waals surface area contributed by atoms with E-state index in [1.807, 2.05) is 12.3 Å². The molecule has 0 aliphatic heterocycles. The number of rotatable bonds is 1. The van der Waals surface area contributed by atoms with Crippen molar-refractivity contribution in [2.24, 2.45) is 0 Å². The minimum atomic E-state index is 0.745. The van der Waals surface area contributed by atoms with Crippen LogP contribution in [0.5, 0.6) is 5.88 Å². The summed E-state index contributed by atoms with van der Waals surface area (Å²) in [5, 5.41) is 1.96. The summed E-state index contributed by atoms with van der Waals surface area (Å²) in [5.41, 5.74) is 1.11. The number of ether oxygens (including phenoxy) is 1. The molecule has 0 unspecified atom stereocenters. The Morgan fingerprint density at radius 2 is 2.50 bits per heavy atom. The molecule has 2 nitrogen and oxygen atoms in total. The molecule has 1 heterocycles. The number of nitrogens with zero attached hydrogens (tertiary/aromatic N) is 1. The molecule has 8 heavy (non-hydrogen) atoms. The topological polar surface area (TPSA) is 22.1 Å². The third-order valence-electron chi connectivity index (χ3n) is 0.896. The first-order chi connectivity index (χ1) is 3.84. The van der Waals surface area contributed by atoms with Crippen molar-refractivity contribution in [3.63, 3.8) is 0 Å². The van der Waals surface area contributed by atoms with E-state index in [1.165, 1.54) is 11.5 Å². The van der Waals surface area contributed by atoms with Crippen molar-refractivity contribution in [2.45, 2.75) is 6.92 Å². The van der Waals surface area contributed by atoms with Gasteiger partial charge in [0.05, 0.1) is 7.11 Å². The Labute approximate surface area is 52.3 Å². The lowest BCUT2D eigenvalue weighted by Gasteiger charge is -1.90. The van der Waals surface area contributed by atoms with Gasteiger partial charge in [-0.3, -0.25) is 0 Å². The molecule has 0 saturated heterocycles. The molecule has 0 atom stereocenters. The highest BCUT2D eigenvalue weighted by molar-refractivity contribution is 7.03. The fraction of sp³-hybridized carbons (Fsp3) is 0.400. The minimum absolute atomic E-state index is 0.745. The smallest absolute Gasteiger partial charge is 0.227 e. The predicted molar refractivity (Wildman–Crippen MR) is 33.4 cm³/mol. The van der Waals surface area contributed by atoms with Crippen molar-refractivity contribution in [1.82, 2.24) is 4.37 Å². The third kappa shape index (κ3) is 0.816. The maximum atomic E-state index is 4.88. The molecule has 0 radical (unpaired) electrons. The lowest BCUT2D eigenvalue weighted by Crippen LogP contribution is -1.82. The molecule has 0 aromatic carbocycles. The van der Waals surface area contributed by atoms with Crippen molar-refractivity contribution < 1.29 is 4.74 Å². The molecule has 0 saturated carbocycles. The Bertz CT molecular complexity index is 173. The summed E-state index contributed by atoms with van der Waals surface area (Å²) in [6.45, 7) is 1.97. The van der Waals surface area contributed by atoms with E-state index < -0.39 is 0 Å². The molecule has 1 aromatic heterocycles. The summed E-state index contributed by atoms with van der Waals surface area (Å²) in [5.74, 6) is 0.745. The molecule has 0 fully saturated rings. The van der Waals surface area contributed by atoms with Crippen molar-refractivity contribution in [3.05, 3.63) is 10.9 Å². The zero-order valence-electron chi connectivity index (χ0n) is 4.84. The zero-order valence-corrected chi connectivity index (χ0v) is 5.66. The van der Waals surface area contributed by atoms with E-state index in [0.29, 0.717) is 0 Å². The summed E-state index contributed by atoms with van der Waals surface area (Å²) in [7, 11) is 1.63. The average molecular weight is 129 g/mol. The van der Waals surface area contributed by atoms with Crippen LogP contribution in [0.15, 0.2) is 5.38 Å². The summed E-state index contributed by atoms with van der Waals surface area (Å²) < 4.78 is 8.84. The van der Waals surface area contributed by atoms with Gasteiger partial charge in [-0.1, -0.05) is 0 Å². The number of aromatic nitrogens is 1. The van der Waals surface area contributed by atoms with Gasteiger partial charge in [-0.05, 0) is 18.5 Å². The monoisotopic (exact) mass is 129 g/mol. The van der Waals surface area contributed by atoms with Gasteiger partial charge in [0.25, 0.3) is 0 Å². The molecule has 0 bridgehead atoms. The Kier molecular flexibility index (Phi) is 1.48. The van der Waals surface area contributed by atoms with Crippen LogP contribution in [-0.4, -0.2) is 11.5 Å². The number of hydrogen-bond acceptors (Lipinski definition) is 3. The largest absolute Gasteiger partial charge is 0.480 e. The van der Waals surface area contributed by atoms with Crippen LogP contribution in [0.4, 0.5) is 0 Å². The molecule has 3 heteroatoms. The molecule has 44 valence electrons. The molecule has 0 aliphatic rings. The van der Waals surface area contributed by atoms with Crippen LogP contribution in [0.1, 0.15) is 5.56 Å². The summed E-state index contributed by atoms with van der Waals surface area (Å²) >= 11 is 1.42. The highest BCUT2D eigenvalue weighted by atomic mass is 32.1. The van der Waals surface area contributed by atoms with E-state index in [4.69, 9.17) is 4.74 Å². The maximum absolute atomic E-state index is 4.88. The van der Waals surface area contributed by atoms with Crippen LogP contribution in [0.25, 0.3) is 0 Å². The fourth-order valence-corrected chi connectivity index (χ4v) is 1.10. The van der Waals surface area contributed by atoms with Gasteiger partial charge >= 0.3 is 0 Å².